The van der Waals surface area contributed by atoms with E-state index in [4.69, 9.17) is 19.3 Å². The van der Waals surface area contributed by atoms with Crippen LogP contribution < -0.4 is 35.6 Å². The molecule has 2 aromatic rings. The van der Waals surface area contributed by atoms with E-state index in [1.807, 2.05) is 6.07 Å². The van der Waals surface area contributed by atoms with E-state index in [0.717, 1.165) is 11.1 Å². The number of fused-ring (bicyclic) bond motifs is 3. The summed E-state index contributed by atoms with van der Waals surface area (Å²) in [5, 5.41) is 17.5. The summed E-state index contributed by atoms with van der Waals surface area (Å²) in [6.45, 7) is 3.50. The first-order chi connectivity index (χ1) is 19.6. The van der Waals surface area contributed by atoms with Gasteiger partial charge in [-0.1, -0.05) is 12.5 Å². The predicted octanol–water partition coefficient (Wildman–Crippen LogP) is 3.42. The first kappa shape index (κ1) is 31.3. The zero-order valence-electron chi connectivity index (χ0n) is 24.2. The molecule has 2 aromatic carbocycles. The number of carboxylic acid groups (broad SMARTS) is 1. The van der Waals surface area contributed by atoms with E-state index in [9.17, 15) is 19.2 Å². The van der Waals surface area contributed by atoms with Crippen molar-refractivity contribution in [2.45, 2.75) is 64.5 Å². The molecule has 0 fully saturated rings. The molecule has 0 aromatic heterocycles. The molecule has 1 aliphatic carbocycles. The van der Waals surface area contributed by atoms with E-state index in [1.54, 1.807) is 26.2 Å². The summed E-state index contributed by atoms with van der Waals surface area (Å²) in [6, 6.07) is 5.66. The molecule has 0 saturated heterocycles. The smallest absolute Gasteiger partial charge is 0.303 e. The monoisotopic (exact) mass is 569 g/mol. The van der Waals surface area contributed by atoms with Gasteiger partial charge in [0.15, 0.2) is 11.5 Å². The predicted molar refractivity (Wildman–Crippen MR) is 155 cm³/mol. The second-order valence-corrected chi connectivity index (χ2v) is 9.96. The molecular formula is C30H39N3O8. The van der Waals surface area contributed by atoms with E-state index in [1.165, 1.54) is 27.2 Å². The molecular weight excluding hydrogens is 530 g/mol. The molecule has 0 radical (unpaired) electrons. The van der Waals surface area contributed by atoms with Gasteiger partial charge in [-0.15, -0.1) is 0 Å². The molecule has 2 amide bonds. The molecule has 0 spiro atoms. The summed E-state index contributed by atoms with van der Waals surface area (Å²) in [7, 11) is 4.61. The number of carbonyl (C=O) groups is 3. The van der Waals surface area contributed by atoms with Crippen LogP contribution in [0.15, 0.2) is 29.1 Å². The zero-order valence-corrected chi connectivity index (χ0v) is 24.2. The van der Waals surface area contributed by atoms with Crippen LogP contribution in [0.3, 0.4) is 0 Å². The Hall–Kier alpha value is -4.28. The number of aliphatic carboxylic acids is 1. The van der Waals surface area contributed by atoms with E-state index in [2.05, 4.69) is 16.0 Å². The Morgan fingerprint density at radius 1 is 1.02 bits per heavy atom. The van der Waals surface area contributed by atoms with Crippen molar-refractivity contribution < 1.29 is 33.7 Å². The lowest BCUT2D eigenvalue weighted by atomic mass is 9.95. The fraction of sp³-hybridized carbons (Fsp3) is 0.467. The van der Waals surface area contributed by atoms with E-state index >= 15 is 0 Å². The highest BCUT2D eigenvalue weighted by atomic mass is 16.5. The van der Waals surface area contributed by atoms with Gasteiger partial charge in [-0.05, 0) is 67.5 Å². The summed E-state index contributed by atoms with van der Waals surface area (Å²) in [4.78, 5) is 48.9. The summed E-state index contributed by atoms with van der Waals surface area (Å²) in [5.74, 6) is 0.0403. The number of benzene rings is 1. The van der Waals surface area contributed by atoms with Gasteiger partial charge in [0.05, 0.1) is 33.1 Å². The number of aryl methyl sites for hydroxylation is 1. The minimum absolute atomic E-state index is 0.104. The second kappa shape index (κ2) is 14.4. The lowest BCUT2D eigenvalue weighted by Gasteiger charge is -2.19. The molecule has 0 bridgehead atoms. The molecule has 11 nitrogen and oxygen atoms in total. The van der Waals surface area contributed by atoms with Gasteiger partial charge in [0, 0.05) is 25.5 Å². The number of anilines is 1. The van der Waals surface area contributed by atoms with Crippen LogP contribution >= 0.6 is 0 Å². The van der Waals surface area contributed by atoms with Crippen molar-refractivity contribution in [3.05, 3.63) is 45.6 Å². The molecule has 41 heavy (non-hydrogen) atoms. The van der Waals surface area contributed by atoms with Crippen molar-refractivity contribution in [2.24, 2.45) is 0 Å². The highest BCUT2D eigenvalue weighted by Gasteiger charge is 2.29. The van der Waals surface area contributed by atoms with Crippen molar-refractivity contribution in [2.75, 3.05) is 33.2 Å². The standard InChI is InChI=1S/C30H39N3O8/c1-17(30(38)31-14-8-6-7-9-26(36)37)32-23-13-11-20-21(16-24(23)35)22(33-18(2)34)12-10-19-15-25(39-3)28(40-4)29(41-5)27(19)20/h11,13,15-17,22H,6-10,12,14H2,1-5H3,(H,31,38)(H,32,35)(H,33,34)(H,36,37)/t17-,22-/m0/s1. The van der Waals surface area contributed by atoms with Crippen LogP contribution in [0, 0.1) is 0 Å². The summed E-state index contributed by atoms with van der Waals surface area (Å²) >= 11 is 0. The van der Waals surface area contributed by atoms with Crippen molar-refractivity contribution in [3.63, 3.8) is 0 Å². The molecule has 3 rings (SSSR count). The Balaban J connectivity index is 1.97. The number of unbranched alkanes of at least 4 members (excludes halogenated alkanes) is 2. The topological polar surface area (TPSA) is 152 Å². The van der Waals surface area contributed by atoms with Gasteiger partial charge in [0.25, 0.3) is 0 Å². The maximum Gasteiger partial charge on any atom is 0.303 e. The van der Waals surface area contributed by atoms with Crippen LogP contribution in [0.25, 0.3) is 11.1 Å². The summed E-state index contributed by atoms with van der Waals surface area (Å²) in [6.07, 6.45) is 3.13. The lowest BCUT2D eigenvalue weighted by Crippen LogP contribution is -2.38. The zero-order chi connectivity index (χ0) is 30.1. The molecule has 0 saturated carbocycles. The second-order valence-electron chi connectivity index (χ2n) is 9.96. The largest absolute Gasteiger partial charge is 0.493 e. The number of methoxy groups -OCH3 is 3. The van der Waals surface area contributed by atoms with Crippen molar-refractivity contribution in [3.8, 4) is 28.4 Å². The third kappa shape index (κ3) is 7.68. The fourth-order valence-corrected chi connectivity index (χ4v) is 5.07. The first-order valence-corrected chi connectivity index (χ1v) is 13.6. The third-order valence-electron chi connectivity index (χ3n) is 7.05. The van der Waals surface area contributed by atoms with Gasteiger partial charge < -0.3 is 35.3 Å². The maximum absolute atomic E-state index is 13.4. The van der Waals surface area contributed by atoms with Crippen LogP contribution in [0.2, 0.25) is 0 Å². The van der Waals surface area contributed by atoms with Crippen LogP contribution in [0.1, 0.15) is 63.1 Å². The maximum atomic E-state index is 13.4. The third-order valence-corrected chi connectivity index (χ3v) is 7.05. The Morgan fingerprint density at radius 3 is 2.39 bits per heavy atom. The average Bonchev–Trinajstić information content (AvgIpc) is 3.17. The number of hydrogen-bond acceptors (Lipinski definition) is 8. The van der Waals surface area contributed by atoms with Crippen LogP contribution in [0.5, 0.6) is 17.2 Å². The molecule has 4 N–H and O–H groups in total. The Bertz CT molecular complexity index is 1340. The quantitative estimate of drug-likeness (QED) is 0.266. The molecule has 222 valence electrons. The molecule has 11 heteroatoms. The number of carboxylic acids is 1. The van der Waals surface area contributed by atoms with Crippen LogP contribution in [0.4, 0.5) is 5.69 Å². The molecule has 2 atom stereocenters. The van der Waals surface area contributed by atoms with Crippen LogP contribution in [-0.4, -0.2) is 56.8 Å². The molecule has 0 unspecified atom stereocenters. The van der Waals surface area contributed by atoms with E-state index < -0.39 is 18.1 Å². The van der Waals surface area contributed by atoms with Gasteiger partial charge in [0.2, 0.25) is 23.0 Å². The normalized spacial score (nSPS) is 14.4. The summed E-state index contributed by atoms with van der Waals surface area (Å²) in [5.41, 5.74) is 2.86. The van der Waals surface area contributed by atoms with Gasteiger partial charge in [0.1, 0.15) is 6.04 Å². The van der Waals surface area contributed by atoms with Gasteiger partial charge in [-0.3, -0.25) is 19.2 Å². The first-order valence-electron chi connectivity index (χ1n) is 13.6. The molecule has 1 aliphatic rings. The van der Waals surface area contributed by atoms with Gasteiger partial charge in [-0.2, -0.15) is 0 Å². The van der Waals surface area contributed by atoms with E-state index in [-0.39, 0.29) is 29.4 Å². The molecule has 0 heterocycles. The number of hydrogen-bond donors (Lipinski definition) is 4. The highest BCUT2D eigenvalue weighted by Crippen LogP contribution is 2.50. The minimum atomic E-state index is -0.835. The van der Waals surface area contributed by atoms with Gasteiger partial charge >= 0.3 is 5.97 Å². The summed E-state index contributed by atoms with van der Waals surface area (Å²) < 4.78 is 17.0. The lowest BCUT2D eigenvalue weighted by molar-refractivity contribution is -0.137. The number of amides is 2. The average molecular weight is 570 g/mol. The fourth-order valence-electron chi connectivity index (χ4n) is 5.07. The Labute approximate surface area is 239 Å². The SMILES string of the molecule is COc1cc2c(c(OC)c1OC)-c1ccc(N[C@@H](C)C(=O)NCCCCCC(=O)O)c(=O)cc1[C@@H](NC(C)=O)CC2. The number of carbonyl (C=O) groups excluding carboxylic acids is 2. The van der Waals surface area contributed by atoms with Crippen molar-refractivity contribution in [1.82, 2.24) is 10.6 Å². The number of ether oxygens (including phenoxy) is 3. The molecule has 0 aliphatic heterocycles. The Morgan fingerprint density at radius 2 is 1.76 bits per heavy atom. The number of rotatable bonds is 13. The van der Waals surface area contributed by atoms with Gasteiger partial charge in [-0.25, -0.2) is 0 Å². The van der Waals surface area contributed by atoms with Crippen molar-refractivity contribution in [1.29, 1.82) is 0 Å². The van der Waals surface area contributed by atoms with Crippen LogP contribution in [-0.2, 0) is 20.8 Å². The highest BCUT2D eigenvalue weighted by molar-refractivity contribution is 5.85. The number of nitrogens with one attached hydrogen (secondary N) is 3. The van der Waals surface area contributed by atoms with E-state index in [0.29, 0.717) is 67.0 Å². The van der Waals surface area contributed by atoms with Crippen molar-refractivity contribution >= 4 is 23.5 Å². The minimum Gasteiger partial charge on any atom is -0.493 e. The Kier molecular flexibility index (Phi) is 11.0.